The minimum atomic E-state index is -0.118. The molecule has 1 amide bonds. The molecule has 1 aromatic rings. The van der Waals surface area contributed by atoms with Gasteiger partial charge in [0.2, 0.25) is 0 Å². The molecule has 2 heterocycles. The number of carbonyl (C=O) groups is 1. The van der Waals surface area contributed by atoms with Crippen LogP contribution in [0.5, 0.6) is 0 Å². The molecular weight excluding hydrogens is 308 g/mol. The highest BCUT2D eigenvalue weighted by Crippen LogP contribution is 2.27. The van der Waals surface area contributed by atoms with Crippen molar-refractivity contribution in [2.75, 3.05) is 38.5 Å². The Balaban J connectivity index is 1.89. The minimum absolute atomic E-state index is 0.118. The number of hydrogen-bond donors (Lipinski definition) is 1. The van der Waals surface area contributed by atoms with Gasteiger partial charge in [-0.2, -0.15) is 5.10 Å². The molecule has 3 rings (SSSR count). The third-order valence-electron chi connectivity index (χ3n) is 3.42. The summed E-state index contributed by atoms with van der Waals surface area (Å²) in [4.78, 5) is 14.2. The normalized spacial score (nSPS) is 21.7. The largest absolute Gasteiger partial charge is 0.320 e. The van der Waals surface area contributed by atoms with Gasteiger partial charge in [0.05, 0.1) is 5.69 Å². The van der Waals surface area contributed by atoms with Gasteiger partial charge in [-0.05, 0) is 25.2 Å². The summed E-state index contributed by atoms with van der Waals surface area (Å²) >= 11 is 3.43. The summed E-state index contributed by atoms with van der Waals surface area (Å²) in [7, 11) is 2.10. The van der Waals surface area contributed by atoms with Crippen molar-refractivity contribution in [1.82, 2.24) is 9.91 Å². The van der Waals surface area contributed by atoms with Crippen molar-refractivity contribution in [2.45, 2.75) is 0 Å². The molecule has 0 aliphatic carbocycles. The zero-order chi connectivity index (χ0) is 13.4. The maximum atomic E-state index is 12.0. The molecule has 0 radical (unpaired) electrons. The summed E-state index contributed by atoms with van der Waals surface area (Å²) in [5.41, 5.74) is 2.22. The summed E-state index contributed by atoms with van der Waals surface area (Å²) in [6.07, 6.45) is 0. The molecule has 19 heavy (non-hydrogen) atoms. The van der Waals surface area contributed by atoms with Crippen molar-refractivity contribution >= 4 is 33.2 Å². The molecule has 100 valence electrons. The molecule has 2 aliphatic heterocycles. The lowest BCUT2D eigenvalue weighted by Crippen LogP contribution is -2.42. The topological polar surface area (TPSA) is 47.9 Å². The Morgan fingerprint density at radius 3 is 2.74 bits per heavy atom. The van der Waals surface area contributed by atoms with Crippen LogP contribution in [0.25, 0.3) is 0 Å². The van der Waals surface area contributed by atoms with E-state index in [0.29, 0.717) is 5.71 Å². The van der Waals surface area contributed by atoms with Gasteiger partial charge in [-0.25, -0.2) is 0 Å². The van der Waals surface area contributed by atoms with E-state index in [1.54, 1.807) is 0 Å². The summed E-state index contributed by atoms with van der Waals surface area (Å²) in [5.74, 6) is -0.118. The number of carbonyl (C=O) groups excluding carboxylic acids is 1. The van der Waals surface area contributed by atoms with Crippen LogP contribution in [0.2, 0.25) is 0 Å². The maximum absolute atomic E-state index is 12.0. The highest BCUT2D eigenvalue weighted by atomic mass is 79.9. The van der Waals surface area contributed by atoms with Crippen LogP contribution in [-0.2, 0) is 4.79 Å². The van der Waals surface area contributed by atoms with E-state index >= 15 is 0 Å². The van der Waals surface area contributed by atoms with Crippen LogP contribution >= 0.6 is 15.9 Å². The van der Waals surface area contributed by atoms with E-state index in [1.807, 2.05) is 23.2 Å². The SMILES string of the molecule is CN1CCN(/N=C2/C(=O)Nc3ccc(Br)cc32)CC1. The number of likely N-dealkylation sites (N-methyl/N-ethyl adjacent to an activating group) is 1. The predicted molar refractivity (Wildman–Crippen MR) is 78.4 cm³/mol. The zero-order valence-corrected chi connectivity index (χ0v) is 12.3. The third kappa shape index (κ3) is 2.50. The maximum Gasteiger partial charge on any atom is 0.276 e. The number of fused-ring (bicyclic) bond motifs is 1. The van der Waals surface area contributed by atoms with Crippen LogP contribution in [0.1, 0.15) is 5.56 Å². The van der Waals surface area contributed by atoms with E-state index in [0.717, 1.165) is 41.9 Å². The molecule has 1 aromatic carbocycles. The average Bonchev–Trinajstić information content (AvgIpc) is 2.69. The molecular formula is C13H15BrN4O. The fourth-order valence-electron chi connectivity index (χ4n) is 2.26. The summed E-state index contributed by atoms with van der Waals surface area (Å²) in [6.45, 7) is 3.67. The van der Waals surface area contributed by atoms with E-state index in [1.165, 1.54) is 0 Å². The second-order valence-corrected chi connectivity index (χ2v) is 5.77. The molecule has 0 spiro atoms. The lowest BCUT2D eigenvalue weighted by atomic mass is 10.1. The van der Waals surface area contributed by atoms with Crippen LogP contribution in [0.3, 0.4) is 0 Å². The second kappa shape index (κ2) is 4.94. The van der Waals surface area contributed by atoms with E-state index in [4.69, 9.17) is 0 Å². The molecule has 0 atom stereocenters. The van der Waals surface area contributed by atoms with Crippen LogP contribution < -0.4 is 5.32 Å². The molecule has 0 unspecified atom stereocenters. The highest BCUT2D eigenvalue weighted by molar-refractivity contribution is 9.10. The van der Waals surface area contributed by atoms with Crippen LogP contribution in [-0.4, -0.2) is 54.8 Å². The number of halogens is 1. The van der Waals surface area contributed by atoms with E-state index < -0.39 is 0 Å². The van der Waals surface area contributed by atoms with Crippen LogP contribution in [0.15, 0.2) is 27.8 Å². The number of benzene rings is 1. The van der Waals surface area contributed by atoms with Crippen molar-refractivity contribution in [1.29, 1.82) is 0 Å². The van der Waals surface area contributed by atoms with Gasteiger partial charge in [0.15, 0.2) is 5.71 Å². The first-order valence-corrected chi connectivity index (χ1v) is 7.06. The van der Waals surface area contributed by atoms with Crippen molar-refractivity contribution in [2.24, 2.45) is 5.10 Å². The number of anilines is 1. The fraction of sp³-hybridized carbons (Fsp3) is 0.385. The quantitative estimate of drug-likeness (QED) is 0.849. The van der Waals surface area contributed by atoms with Gasteiger partial charge in [-0.3, -0.25) is 9.80 Å². The van der Waals surface area contributed by atoms with Gasteiger partial charge in [-0.15, -0.1) is 0 Å². The molecule has 0 saturated carbocycles. The van der Waals surface area contributed by atoms with Gasteiger partial charge in [0, 0.05) is 36.2 Å². The first-order valence-electron chi connectivity index (χ1n) is 6.27. The second-order valence-electron chi connectivity index (χ2n) is 4.85. The lowest BCUT2D eigenvalue weighted by molar-refractivity contribution is -0.110. The van der Waals surface area contributed by atoms with Gasteiger partial charge >= 0.3 is 0 Å². The summed E-state index contributed by atoms with van der Waals surface area (Å²) in [5, 5.41) is 9.35. The summed E-state index contributed by atoms with van der Waals surface area (Å²) in [6, 6.07) is 5.74. The number of amides is 1. The standard InChI is InChI=1S/C13H15BrN4O/c1-17-4-6-18(7-5-17)16-12-10-8-9(14)2-3-11(10)15-13(12)19/h2-3,8H,4-7H2,1H3,(H,15,16,19). The zero-order valence-electron chi connectivity index (χ0n) is 10.7. The van der Waals surface area contributed by atoms with Gasteiger partial charge in [0.25, 0.3) is 5.91 Å². The lowest BCUT2D eigenvalue weighted by Gasteiger charge is -2.30. The van der Waals surface area contributed by atoms with Crippen molar-refractivity contribution in [3.05, 3.63) is 28.2 Å². The number of piperazine rings is 1. The Hall–Kier alpha value is -1.40. The molecule has 5 nitrogen and oxygen atoms in total. The first-order chi connectivity index (χ1) is 9.13. The Bertz CT molecular complexity index is 550. The van der Waals surface area contributed by atoms with E-state index in [9.17, 15) is 4.79 Å². The number of hydrogen-bond acceptors (Lipinski definition) is 4. The number of hydrazone groups is 1. The number of rotatable bonds is 1. The number of nitrogens with one attached hydrogen (secondary N) is 1. The average molecular weight is 323 g/mol. The third-order valence-corrected chi connectivity index (χ3v) is 3.91. The van der Waals surface area contributed by atoms with Crippen LogP contribution in [0.4, 0.5) is 5.69 Å². The van der Waals surface area contributed by atoms with Gasteiger partial charge in [-0.1, -0.05) is 15.9 Å². The Morgan fingerprint density at radius 2 is 2.00 bits per heavy atom. The smallest absolute Gasteiger partial charge is 0.276 e. The molecule has 1 N–H and O–H groups in total. The van der Waals surface area contributed by atoms with Gasteiger partial charge < -0.3 is 10.2 Å². The fourth-order valence-corrected chi connectivity index (χ4v) is 2.62. The summed E-state index contributed by atoms with van der Waals surface area (Å²) < 4.78 is 0.953. The Kier molecular flexibility index (Phi) is 3.28. The molecule has 1 saturated heterocycles. The van der Waals surface area contributed by atoms with E-state index in [-0.39, 0.29) is 5.91 Å². The minimum Gasteiger partial charge on any atom is -0.320 e. The van der Waals surface area contributed by atoms with Crippen molar-refractivity contribution in [3.8, 4) is 0 Å². The Labute approximate surface area is 120 Å². The molecule has 1 fully saturated rings. The molecule has 6 heteroatoms. The first kappa shape index (κ1) is 12.6. The monoisotopic (exact) mass is 322 g/mol. The Morgan fingerprint density at radius 1 is 1.26 bits per heavy atom. The molecule has 0 bridgehead atoms. The molecule has 2 aliphatic rings. The highest BCUT2D eigenvalue weighted by Gasteiger charge is 2.27. The van der Waals surface area contributed by atoms with Crippen molar-refractivity contribution < 1.29 is 4.79 Å². The van der Waals surface area contributed by atoms with E-state index in [2.05, 4.69) is 38.3 Å². The number of nitrogens with zero attached hydrogens (tertiary/aromatic N) is 3. The molecule has 0 aromatic heterocycles. The van der Waals surface area contributed by atoms with Crippen LogP contribution in [0, 0.1) is 0 Å². The van der Waals surface area contributed by atoms with Crippen molar-refractivity contribution in [3.63, 3.8) is 0 Å². The van der Waals surface area contributed by atoms with Gasteiger partial charge in [0.1, 0.15) is 0 Å². The predicted octanol–water partition coefficient (Wildman–Crippen LogP) is 1.35.